The Morgan fingerprint density at radius 1 is 1.21 bits per heavy atom. The summed E-state index contributed by atoms with van der Waals surface area (Å²) >= 11 is 2.82. The van der Waals surface area contributed by atoms with E-state index in [1.165, 1.54) is 0 Å². The molecule has 0 saturated carbocycles. The summed E-state index contributed by atoms with van der Waals surface area (Å²) in [7, 11) is -3.97. The third-order valence-electron chi connectivity index (χ3n) is 2.11. The first kappa shape index (κ1) is 18.7. The molecule has 0 saturated heterocycles. The Morgan fingerprint density at radius 3 is 2.42 bits per heavy atom. The maximum absolute atomic E-state index is 13.4. The molecule has 4 nitrogen and oxygen atoms in total. The number of hydrogen-bond acceptors (Lipinski definition) is 3. The van der Waals surface area contributed by atoms with Crippen molar-refractivity contribution in [3.8, 4) is 0 Å². The molecule has 0 amide bonds. The molecule has 1 aromatic carbocycles. The second-order valence-electron chi connectivity index (χ2n) is 3.45. The number of halogens is 4. The summed E-state index contributed by atoms with van der Waals surface area (Å²) in [5.74, 6) is -1.97. The molecule has 110 valence electrons. The van der Waals surface area contributed by atoms with Crippen LogP contribution in [0.5, 0.6) is 0 Å². The Morgan fingerprint density at radius 2 is 1.84 bits per heavy atom. The second-order valence-corrected chi connectivity index (χ2v) is 6.04. The van der Waals surface area contributed by atoms with Crippen molar-refractivity contribution in [3.63, 3.8) is 0 Å². The zero-order valence-electron chi connectivity index (χ0n) is 10.0. The fraction of sp³-hybridized carbons (Fsp3) is 0.400. The van der Waals surface area contributed by atoms with E-state index >= 15 is 0 Å². The topological polar surface area (TPSA) is 58.2 Å². The first-order valence-corrected chi connectivity index (χ1v) is 7.51. The highest BCUT2D eigenvalue weighted by Gasteiger charge is 2.20. The molecule has 0 heterocycles. The van der Waals surface area contributed by atoms with E-state index in [2.05, 4.69) is 26.0 Å². The van der Waals surface area contributed by atoms with Crippen molar-refractivity contribution >= 4 is 38.4 Å². The molecule has 0 atom stereocenters. The SMILES string of the molecule is CCNCCNS(=O)(=O)c1cc(Br)c(F)cc1F.Cl. The van der Waals surface area contributed by atoms with E-state index in [1.54, 1.807) is 0 Å². The number of benzene rings is 1. The van der Waals surface area contributed by atoms with Gasteiger partial charge in [0, 0.05) is 19.2 Å². The lowest BCUT2D eigenvalue weighted by atomic mass is 10.3. The van der Waals surface area contributed by atoms with Crippen LogP contribution in [-0.4, -0.2) is 28.1 Å². The van der Waals surface area contributed by atoms with Crippen molar-refractivity contribution < 1.29 is 17.2 Å². The third kappa shape index (κ3) is 5.31. The molecule has 0 aliphatic heterocycles. The predicted octanol–water partition coefficient (Wildman–Crippen LogP) is 2.04. The minimum atomic E-state index is -3.97. The number of likely N-dealkylation sites (N-methyl/N-ethyl adjacent to an activating group) is 1. The summed E-state index contributed by atoms with van der Waals surface area (Å²) in [4.78, 5) is -0.577. The van der Waals surface area contributed by atoms with Gasteiger partial charge in [0.25, 0.3) is 0 Å². The van der Waals surface area contributed by atoms with Crippen molar-refractivity contribution in [3.05, 3.63) is 28.2 Å². The van der Waals surface area contributed by atoms with E-state index in [4.69, 9.17) is 0 Å². The Kier molecular flexibility index (Phi) is 7.99. The number of hydrogen-bond donors (Lipinski definition) is 2. The maximum Gasteiger partial charge on any atom is 0.243 e. The minimum absolute atomic E-state index is 0. The van der Waals surface area contributed by atoms with Gasteiger partial charge in [-0.25, -0.2) is 21.9 Å². The Balaban J connectivity index is 0.00000324. The molecule has 9 heteroatoms. The molecule has 1 rings (SSSR count). The molecule has 19 heavy (non-hydrogen) atoms. The van der Waals surface area contributed by atoms with Crippen LogP contribution in [0.4, 0.5) is 8.78 Å². The van der Waals surface area contributed by atoms with Gasteiger partial charge in [0.2, 0.25) is 10.0 Å². The van der Waals surface area contributed by atoms with Crippen molar-refractivity contribution in [1.82, 2.24) is 10.0 Å². The predicted molar refractivity (Wildman–Crippen MR) is 75.0 cm³/mol. The second kappa shape index (κ2) is 8.11. The first-order chi connectivity index (χ1) is 8.38. The molecule has 0 aliphatic rings. The van der Waals surface area contributed by atoms with Crippen molar-refractivity contribution in [2.24, 2.45) is 0 Å². The average Bonchev–Trinajstić information content (AvgIpc) is 2.29. The van der Waals surface area contributed by atoms with Gasteiger partial charge in [-0.05, 0) is 28.5 Å². The molecule has 0 radical (unpaired) electrons. The van der Waals surface area contributed by atoms with Gasteiger partial charge in [0.05, 0.1) is 4.47 Å². The summed E-state index contributed by atoms with van der Waals surface area (Å²) in [6, 6.07) is 1.43. The van der Waals surface area contributed by atoms with Crippen LogP contribution in [0.1, 0.15) is 6.92 Å². The summed E-state index contributed by atoms with van der Waals surface area (Å²) in [5, 5.41) is 2.92. The lowest BCUT2D eigenvalue weighted by Gasteiger charge is -2.08. The molecule has 0 fully saturated rings. The summed E-state index contributed by atoms with van der Waals surface area (Å²) in [6.07, 6.45) is 0. The molecule has 2 N–H and O–H groups in total. The van der Waals surface area contributed by atoms with E-state index in [-0.39, 0.29) is 23.4 Å². The van der Waals surface area contributed by atoms with E-state index in [0.29, 0.717) is 19.2 Å². The molecule has 0 spiro atoms. The van der Waals surface area contributed by atoms with Crippen LogP contribution >= 0.6 is 28.3 Å². The van der Waals surface area contributed by atoms with Crippen LogP contribution in [0, 0.1) is 11.6 Å². The van der Waals surface area contributed by atoms with Gasteiger partial charge < -0.3 is 5.32 Å². The van der Waals surface area contributed by atoms with Crippen LogP contribution in [0.2, 0.25) is 0 Å². The van der Waals surface area contributed by atoms with Gasteiger partial charge in [-0.2, -0.15) is 0 Å². The van der Waals surface area contributed by atoms with E-state index in [1.807, 2.05) is 6.92 Å². The fourth-order valence-electron chi connectivity index (χ4n) is 1.24. The minimum Gasteiger partial charge on any atom is -0.316 e. The lowest BCUT2D eigenvalue weighted by molar-refractivity contribution is 0.539. The lowest BCUT2D eigenvalue weighted by Crippen LogP contribution is -2.32. The fourth-order valence-corrected chi connectivity index (χ4v) is 2.85. The van der Waals surface area contributed by atoms with Gasteiger partial charge in [0.1, 0.15) is 16.5 Å². The number of nitrogens with one attached hydrogen (secondary N) is 2. The number of rotatable bonds is 6. The summed E-state index contributed by atoms with van der Waals surface area (Å²) in [5.41, 5.74) is 0. The third-order valence-corrected chi connectivity index (χ3v) is 4.19. The highest BCUT2D eigenvalue weighted by atomic mass is 79.9. The summed E-state index contributed by atoms with van der Waals surface area (Å²) < 4.78 is 52.0. The average molecular weight is 380 g/mol. The molecule has 0 aliphatic carbocycles. The molecule has 0 unspecified atom stereocenters. The standard InChI is InChI=1S/C10H13BrF2N2O2S.ClH/c1-2-14-3-4-15-18(16,17)10-5-7(11)8(12)6-9(10)13;/h5-6,14-15H,2-4H2,1H3;1H. The van der Waals surface area contributed by atoms with Crippen molar-refractivity contribution in [2.75, 3.05) is 19.6 Å². The molecule has 0 bridgehead atoms. The van der Waals surface area contributed by atoms with Crippen LogP contribution in [0.15, 0.2) is 21.5 Å². The van der Waals surface area contributed by atoms with E-state index in [9.17, 15) is 17.2 Å². The van der Waals surface area contributed by atoms with E-state index < -0.39 is 26.6 Å². The van der Waals surface area contributed by atoms with Crippen molar-refractivity contribution in [2.45, 2.75) is 11.8 Å². The number of sulfonamides is 1. The molecular weight excluding hydrogens is 366 g/mol. The molecule has 1 aromatic rings. The van der Waals surface area contributed by atoms with Gasteiger partial charge >= 0.3 is 0 Å². The van der Waals surface area contributed by atoms with Crippen molar-refractivity contribution in [1.29, 1.82) is 0 Å². The normalized spacial score (nSPS) is 11.2. The maximum atomic E-state index is 13.4. The van der Waals surface area contributed by atoms with Crippen LogP contribution in [-0.2, 0) is 10.0 Å². The molecule has 0 aromatic heterocycles. The molecular formula is C10H14BrClF2N2O2S. The van der Waals surface area contributed by atoms with E-state index in [0.717, 1.165) is 6.07 Å². The Hall–Kier alpha value is -0.280. The highest BCUT2D eigenvalue weighted by molar-refractivity contribution is 9.10. The Labute approximate surface area is 125 Å². The smallest absolute Gasteiger partial charge is 0.243 e. The largest absolute Gasteiger partial charge is 0.316 e. The van der Waals surface area contributed by atoms with Crippen LogP contribution in [0.25, 0.3) is 0 Å². The van der Waals surface area contributed by atoms with Crippen LogP contribution in [0.3, 0.4) is 0 Å². The monoisotopic (exact) mass is 378 g/mol. The van der Waals surface area contributed by atoms with Gasteiger partial charge in [0.15, 0.2) is 0 Å². The Bertz CT molecular complexity index is 529. The van der Waals surface area contributed by atoms with Gasteiger partial charge in [-0.3, -0.25) is 0 Å². The zero-order valence-corrected chi connectivity index (χ0v) is 13.3. The quantitative estimate of drug-likeness (QED) is 0.587. The first-order valence-electron chi connectivity index (χ1n) is 5.23. The summed E-state index contributed by atoms with van der Waals surface area (Å²) in [6.45, 7) is 3.15. The van der Waals surface area contributed by atoms with Crippen LogP contribution < -0.4 is 10.0 Å². The van der Waals surface area contributed by atoms with Gasteiger partial charge in [-0.15, -0.1) is 12.4 Å². The highest BCUT2D eigenvalue weighted by Crippen LogP contribution is 2.23. The zero-order chi connectivity index (χ0) is 13.8. The van der Waals surface area contributed by atoms with Gasteiger partial charge in [-0.1, -0.05) is 6.92 Å².